The third-order valence-electron chi connectivity index (χ3n) is 4.09. The summed E-state index contributed by atoms with van der Waals surface area (Å²) < 4.78 is 65.6. The molecule has 2 amide bonds. The minimum atomic E-state index is -4.98. The van der Waals surface area contributed by atoms with E-state index in [4.69, 9.17) is 0 Å². The summed E-state index contributed by atoms with van der Waals surface area (Å²) in [7, 11) is -4.92. The molecule has 0 saturated heterocycles. The third-order valence-corrected chi connectivity index (χ3v) is 5.35. The van der Waals surface area contributed by atoms with Crippen LogP contribution in [0.4, 0.5) is 23.7 Å². The van der Waals surface area contributed by atoms with Crippen molar-refractivity contribution < 1.29 is 26.4 Å². The number of aromatic nitrogens is 2. The number of benzene rings is 1. The highest BCUT2D eigenvalue weighted by atomic mass is 32.2. The number of hydrogen-bond acceptors (Lipinski definition) is 5. The van der Waals surface area contributed by atoms with Gasteiger partial charge < -0.3 is 5.32 Å². The van der Waals surface area contributed by atoms with Crippen LogP contribution < -0.4 is 10.0 Å². The zero-order valence-electron chi connectivity index (χ0n) is 16.2. The molecule has 0 bridgehead atoms. The molecule has 0 aliphatic carbocycles. The molecule has 0 radical (unpaired) electrons. The molecule has 158 valence electrons. The average molecular weight is 430 g/mol. The van der Waals surface area contributed by atoms with E-state index >= 15 is 0 Å². The van der Waals surface area contributed by atoms with Crippen molar-refractivity contribution in [1.82, 2.24) is 14.9 Å². The number of para-hydroxylation sites is 1. The minimum Gasteiger partial charge on any atom is -0.307 e. The third kappa shape index (κ3) is 5.22. The van der Waals surface area contributed by atoms with Gasteiger partial charge in [-0.15, -0.1) is 5.10 Å². The van der Waals surface area contributed by atoms with Crippen LogP contribution in [0.25, 0.3) is 0 Å². The average Bonchev–Trinajstić information content (AvgIpc) is 2.60. The lowest BCUT2D eigenvalue weighted by Gasteiger charge is -2.20. The Balaban J connectivity index is 2.38. The summed E-state index contributed by atoms with van der Waals surface area (Å²) in [6, 6.07) is 4.67. The number of urea groups is 1. The van der Waals surface area contributed by atoms with Crippen molar-refractivity contribution >= 4 is 21.7 Å². The Kier molecular flexibility index (Phi) is 6.51. The Morgan fingerprint density at radius 1 is 1.03 bits per heavy atom. The monoisotopic (exact) mass is 430 g/mol. The summed E-state index contributed by atoms with van der Waals surface area (Å²) in [5.74, 6) is 0.0230. The van der Waals surface area contributed by atoms with Gasteiger partial charge in [0, 0.05) is 5.69 Å². The van der Waals surface area contributed by atoms with Gasteiger partial charge in [-0.2, -0.15) is 26.7 Å². The van der Waals surface area contributed by atoms with Crippen LogP contribution in [-0.2, 0) is 16.2 Å². The van der Waals surface area contributed by atoms with Crippen LogP contribution in [0, 0.1) is 0 Å². The van der Waals surface area contributed by atoms with Gasteiger partial charge in [0.25, 0.3) is 10.0 Å². The second kappa shape index (κ2) is 8.36. The van der Waals surface area contributed by atoms with Crippen molar-refractivity contribution in [2.75, 3.05) is 5.32 Å². The lowest BCUT2D eigenvalue weighted by molar-refractivity contribution is -0.140. The molecule has 7 nitrogen and oxygen atoms in total. The predicted molar refractivity (Wildman–Crippen MR) is 101 cm³/mol. The van der Waals surface area contributed by atoms with Crippen LogP contribution in [0.2, 0.25) is 0 Å². The Morgan fingerprint density at radius 3 is 2.07 bits per heavy atom. The number of carbonyl (C=O) groups excluding carboxylic acids is 1. The molecular formula is C18H21F3N4O3S. The van der Waals surface area contributed by atoms with E-state index in [0.29, 0.717) is 11.8 Å². The van der Waals surface area contributed by atoms with Gasteiger partial charge in [0.05, 0.1) is 11.8 Å². The normalized spacial score (nSPS) is 12.3. The minimum absolute atomic E-state index is 0.0115. The maximum atomic E-state index is 13.1. The SMILES string of the molecule is CC(C)c1cccc(C(C)C)c1NC(=O)NS(=O)(=O)c1nnccc1C(F)(F)F. The molecule has 1 aromatic heterocycles. The van der Waals surface area contributed by atoms with E-state index in [0.717, 1.165) is 17.3 Å². The fourth-order valence-corrected chi connectivity index (χ4v) is 3.76. The summed E-state index contributed by atoms with van der Waals surface area (Å²) in [5, 5.41) is 7.35. The first-order valence-electron chi connectivity index (χ1n) is 8.70. The van der Waals surface area contributed by atoms with Crippen LogP contribution in [0.15, 0.2) is 35.5 Å². The fraction of sp³-hybridized carbons (Fsp3) is 0.389. The zero-order chi connectivity index (χ0) is 22.0. The van der Waals surface area contributed by atoms with Crippen LogP contribution in [-0.4, -0.2) is 24.6 Å². The summed E-state index contributed by atoms with van der Waals surface area (Å²) >= 11 is 0. The van der Waals surface area contributed by atoms with E-state index in [2.05, 4.69) is 15.5 Å². The molecule has 2 rings (SSSR count). The van der Waals surface area contributed by atoms with E-state index in [1.165, 1.54) is 0 Å². The lowest BCUT2D eigenvalue weighted by atomic mass is 9.93. The predicted octanol–water partition coefficient (Wildman–Crippen LogP) is 4.25. The van der Waals surface area contributed by atoms with Crippen LogP contribution >= 0.6 is 0 Å². The number of sulfonamides is 1. The maximum absolute atomic E-state index is 13.1. The second-order valence-electron chi connectivity index (χ2n) is 6.93. The van der Waals surface area contributed by atoms with Gasteiger partial charge in [-0.3, -0.25) is 0 Å². The van der Waals surface area contributed by atoms with Crippen LogP contribution in [0.3, 0.4) is 0 Å². The van der Waals surface area contributed by atoms with Crippen molar-refractivity contribution in [3.63, 3.8) is 0 Å². The number of amides is 2. The first-order valence-corrected chi connectivity index (χ1v) is 10.2. The molecule has 0 spiro atoms. The molecule has 0 saturated carbocycles. The molecule has 1 aromatic carbocycles. The van der Waals surface area contributed by atoms with E-state index in [-0.39, 0.29) is 11.8 Å². The lowest BCUT2D eigenvalue weighted by Crippen LogP contribution is -2.36. The molecule has 29 heavy (non-hydrogen) atoms. The summed E-state index contributed by atoms with van der Waals surface area (Å²) in [5.41, 5.74) is 0.428. The molecule has 0 aliphatic rings. The van der Waals surface area contributed by atoms with Gasteiger partial charge in [-0.05, 0) is 29.0 Å². The fourth-order valence-electron chi connectivity index (χ4n) is 2.74. The van der Waals surface area contributed by atoms with Gasteiger partial charge in [-0.1, -0.05) is 45.9 Å². The summed E-state index contributed by atoms with van der Waals surface area (Å²) in [6.07, 6.45) is -4.26. The van der Waals surface area contributed by atoms with Gasteiger partial charge in [0.1, 0.15) is 0 Å². The first kappa shape index (κ1) is 22.6. The van der Waals surface area contributed by atoms with Crippen molar-refractivity contribution in [1.29, 1.82) is 0 Å². The van der Waals surface area contributed by atoms with E-state index < -0.39 is 32.8 Å². The molecule has 0 unspecified atom stereocenters. The van der Waals surface area contributed by atoms with Crippen LogP contribution in [0.1, 0.15) is 56.2 Å². The summed E-state index contributed by atoms with van der Waals surface area (Å²) in [4.78, 5) is 12.4. The number of hydrogen-bond donors (Lipinski definition) is 2. The van der Waals surface area contributed by atoms with E-state index in [1.807, 2.05) is 33.8 Å². The number of anilines is 1. The molecule has 0 atom stereocenters. The Morgan fingerprint density at radius 2 is 1.59 bits per heavy atom. The van der Waals surface area contributed by atoms with Crippen molar-refractivity contribution in [2.45, 2.75) is 50.7 Å². The van der Waals surface area contributed by atoms with Crippen LogP contribution in [0.5, 0.6) is 0 Å². The van der Waals surface area contributed by atoms with Gasteiger partial charge in [0.2, 0.25) is 5.03 Å². The highest BCUT2D eigenvalue weighted by Crippen LogP contribution is 2.34. The van der Waals surface area contributed by atoms with Crippen molar-refractivity contribution in [3.8, 4) is 0 Å². The highest BCUT2D eigenvalue weighted by Gasteiger charge is 2.39. The summed E-state index contributed by atoms with van der Waals surface area (Å²) in [6.45, 7) is 7.59. The highest BCUT2D eigenvalue weighted by molar-refractivity contribution is 7.90. The number of nitrogens with zero attached hydrogens (tertiary/aromatic N) is 2. The number of alkyl halides is 3. The first-order chi connectivity index (χ1) is 13.3. The van der Waals surface area contributed by atoms with Crippen molar-refractivity contribution in [2.24, 2.45) is 0 Å². The van der Waals surface area contributed by atoms with E-state index in [9.17, 15) is 26.4 Å². The maximum Gasteiger partial charge on any atom is 0.419 e. The zero-order valence-corrected chi connectivity index (χ0v) is 17.0. The standard InChI is InChI=1S/C18H21F3N4O3S/c1-10(2)12-6-5-7-13(11(3)4)15(12)23-17(26)25-29(27,28)16-14(18(19,20)21)8-9-22-24-16/h5-11H,1-4H3,(H2,23,25,26). The number of rotatable bonds is 5. The molecule has 0 fully saturated rings. The van der Waals surface area contributed by atoms with E-state index in [1.54, 1.807) is 16.9 Å². The largest absolute Gasteiger partial charge is 0.419 e. The Labute approximate surface area is 166 Å². The van der Waals surface area contributed by atoms with Gasteiger partial charge >= 0.3 is 12.2 Å². The molecular weight excluding hydrogens is 409 g/mol. The number of nitrogens with one attached hydrogen (secondary N) is 2. The topological polar surface area (TPSA) is 101 Å². The number of carbonyl (C=O) groups is 1. The van der Waals surface area contributed by atoms with Gasteiger partial charge in [0.15, 0.2) is 0 Å². The second-order valence-corrected chi connectivity index (χ2v) is 8.53. The molecule has 11 heteroatoms. The Bertz CT molecular complexity index is 979. The molecule has 0 aliphatic heterocycles. The smallest absolute Gasteiger partial charge is 0.307 e. The van der Waals surface area contributed by atoms with Gasteiger partial charge in [-0.25, -0.2) is 9.52 Å². The van der Waals surface area contributed by atoms with Crippen molar-refractivity contribution in [3.05, 3.63) is 47.2 Å². The quantitative estimate of drug-likeness (QED) is 0.738. The Hall–Kier alpha value is -2.69. The molecule has 1 heterocycles. The molecule has 2 N–H and O–H groups in total. The number of halogens is 3. The molecule has 2 aromatic rings.